The molecule has 0 spiro atoms. The SMILES string of the molecule is CCc1cc(CCCC(NC)C2CC2)n(CC)n1. The molecule has 0 radical (unpaired) electrons. The highest BCUT2D eigenvalue weighted by Gasteiger charge is 2.29. The maximum absolute atomic E-state index is 4.61. The largest absolute Gasteiger partial charge is 0.317 e. The van der Waals surface area contributed by atoms with Gasteiger partial charge < -0.3 is 5.32 Å². The second-order valence-electron chi connectivity index (χ2n) is 5.42. The zero-order valence-electron chi connectivity index (χ0n) is 12.1. The summed E-state index contributed by atoms with van der Waals surface area (Å²) in [5.41, 5.74) is 2.65. The highest BCUT2D eigenvalue weighted by molar-refractivity contribution is 5.10. The molecule has 0 bridgehead atoms. The summed E-state index contributed by atoms with van der Waals surface area (Å²) in [6, 6.07) is 3.03. The van der Waals surface area contributed by atoms with Crippen molar-refractivity contribution in [3.05, 3.63) is 17.5 Å². The Morgan fingerprint density at radius 1 is 1.44 bits per heavy atom. The first-order valence-corrected chi connectivity index (χ1v) is 7.51. The number of hydrogen-bond acceptors (Lipinski definition) is 2. The molecule has 1 aromatic heterocycles. The van der Waals surface area contributed by atoms with E-state index in [9.17, 15) is 0 Å². The lowest BCUT2D eigenvalue weighted by Crippen LogP contribution is -2.27. The van der Waals surface area contributed by atoms with Crippen molar-refractivity contribution >= 4 is 0 Å². The molecule has 1 N–H and O–H groups in total. The van der Waals surface area contributed by atoms with Crippen LogP contribution in [0.15, 0.2) is 6.07 Å². The summed E-state index contributed by atoms with van der Waals surface area (Å²) in [5.74, 6) is 0.956. The fourth-order valence-corrected chi connectivity index (χ4v) is 2.78. The van der Waals surface area contributed by atoms with Crippen molar-refractivity contribution in [2.45, 2.75) is 65.0 Å². The van der Waals surface area contributed by atoms with Crippen LogP contribution in [0.3, 0.4) is 0 Å². The summed E-state index contributed by atoms with van der Waals surface area (Å²) in [6.45, 7) is 5.35. The molecule has 3 nitrogen and oxygen atoms in total. The predicted molar refractivity (Wildman–Crippen MR) is 75.8 cm³/mol. The van der Waals surface area contributed by atoms with Crippen molar-refractivity contribution < 1.29 is 0 Å². The van der Waals surface area contributed by atoms with Gasteiger partial charge in [0.1, 0.15) is 0 Å². The lowest BCUT2D eigenvalue weighted by Gasteiger charge is -2.14. The molecule has 0 amide bonds. The Morgan fingerprint density at radius 3 is 2.78 bits per heavy atom. The maximum Gasteiger partial charge on any atom is 0.0624 e. The van der Waals surface area contributed by atoms with Crippen molar-refractivity contribution in [2.24, 2.45) is 5.92 Å². The number of nitrogens with one attached hydrogen (secondary N) is 1. The molecule has 1 aliphatic rings. The van der Waals surface area contributed by atoms with E-state index in [1.54, 1.807) is 0 Å². The minimum absolute atomic E-state index is 0.744. The molecular formula is C15H27N3. The van der Waals surface area contributed by atoms with Gasteiger partial charge in [-0.05, 0) is 64.5 Å². The van der Waals surface area contributed by atoms with Crippen LogP contribution in [0.2, 0.25) is 0 Å². The summed E-state index contributed by atoms with van der Waals surface area (Å²) < 4.78 is 2.17. The van der Waals surface area contributed by atoms with Crippen molar-refractivity contribution in [3.8, 4) is 0 Å². The first-order valence-electron chi connectivity index (χ1n) is 7.51. The second kappa shape index (κ2) is 6.37. The van der Waals surface area contributed by atoms with Crippen molar-refractivity contribution in [2.75, 3.05) is 7.05 Å². The second-order valence-corrected chi connectivity index (χ2v) is 5.42. The molecular weight excluding hydrogens is 222 g/mol. The lowest BCUT2D eigenvalue weighted by molar-refractivity contribution is 0.452. The van der Waals surface area contributed by atoms with Gasteiger partial charge in [-0.1, -0.05) is 6.92 Å². The summed E-state index contributed by atoms with van der Waals surface area (Å²) in [6.07, 6.45) is 7.65. The van der Waals surface area contributed by atoms with E-state index in [1.807, 2.05) is 0 Å². The molecule has 18 heavy (non-hydrogen) atoms. The molecule has 1 aliphatic carbocycles. The van der Waals surface area contributed by atoms with E-state index in [0.717, 1.165) is 24.9 Å². The highest BCUT2D eigenvalue weighted by Crippen LogP contribution is 2.34. The molecule has 0 saturated heterocycles. The van der Waals surface area contributed by atoms with E-state index >= 15 is 0 Å². The first-order chi connectivity index (χ1) is 8.78. The lowest BCUT2D eigenvalue weighted by atomic mass is 10.0. The van der Waals surface area contributed by atoms with Crippen LogP contribution >= 0.6 is 0 Å². The molecule has 1 unspecified atom stereocenters. The molecule has 0 aliphatic heterocycles. The van der Waals surface area contributed by atoms with Crippen LogP contribution in [0.4, 0.5) is 0 Å². The summed E-state index contributed by atoms with van der Waals surface area (Å²) in [7, 11) is 2.11. The Labute approximate surface area is 111 Å². The minimum atomic E-state index is 0.744. The molecule has 102 valence electrons. The molecule has 3 heteroatoms. The van der Waals surface area contributed by atoms with Crippen LogP contribution < -0.4 is 5.32 Å². The third-order valence-corrected chi connectivity index (χ3v) is 4.09. The smallest absolute Gasteiger partial charge is 0.0624 e. The standard InChI is InChI=1S/C15H27N3/c1-4-13-11-14(18(5-2)17-13)7-6-8-15(16-3)12-9-10-12/h11-12,15-16H,4-10H2,1-3H3. The van der Waals surface area contributed by atoms with E-state index in [2.05, 4.69) is 42.1 Å². The van der Waals surface area contributed by atoms with Crippen LogP contribution in [-0.4, -0.2) is 22.9 Å². The van der Waals surface area contributed by atoms with Crippen LogP contribution in [0, 0.1) is 5.92 Å². The van der Waals surface area contributed by atoms with Crippen LogP contribution in [0.25, 0.3) is 0 Å². The molecule has 1 atom stereocenters. The Morgan fingerprint density at radius 2 is 2.22 bits per heavy atom. The molecule has 2 rings (SSSR count). The average molecular weight is 249 g/mol. The fourth-order valence-electron chi connectivity index (χ4n) is 2.78. The van der Waals surface area contributed by atoms with Gasteiger partial charge in [0.15, 0.2) is 0 Å². The summed E-state index contributed by atoms with van der Waals surface area (Å²) in [4.78, 5) is 0. The minimum Gasteiger partial charge on any atom is -0.317 e. The Hall–Kier alpha value is -0.830. The van der Waals surface area contributed by atoms with Gasteiger partial charge in [-0.3, -0.25) is 4.68 Å². The van der Waals surface area contributed by atoms with Gasteiger partial charge in [0, 0.05) is 18.3 Å². The number of nitrogens with zero attached hydrogens (tertiary/aromatic N) is 2. The molecule has 1 fully saturated rings. The van der Waals surface area contributed by atoms with Gasteiger partial charge in [-0.15, -0.1) is 0 Å². The maximum atomic E-state index is 4.61. The van der Waals surface area contributed by atoms with Crippen molar-refractivity contribution in [3.63, 3.8) is 0 Å². The predicted octanol–water partition coefficient (Wildman–Crippen LogP) is 2.79. The van der Waals surface area contributed by atoms with Crippen LogP contribution in [-0.2, 0) is 19.4 Å². The topological polar surface area (TPSA) is 29.9 Å². The van der Waals surface area contributed by atoms with Gasteiger partial charge >= 0.3 is 0 Å². The third kappa shape index (κ3) is 3.35. The molecule has 1 saturated carbocycles. The van der Waals surface area contributed by atoms with Gasteiger partial charge in [-0.25, -0.2) is 0 Å². The first kappa shape index (κ1) is 13.6. The highest BCUT2D eigenvalue weighted by atomic mass is 15.3. The number of aryl methyl sites for hydroxylation is 3. The number of hydrogen-bond donors (Lipinski definition) is 1. The molecule has 1 heterocycles. The zero-order valence-corrected chi connectivity index (χ0v) is 12.1. The quantitative estimate of drug-likeness (QED) is 0.768. The van der Waals surface area contributed by atoms with Crippen molar-refractivity contribution in [1.29, 1.82) is 0 Å². The third-order valence-electron chi connectivity index (χ3n) is 4.09. The fraction of sp³-hybridized carbons (Fsp3) is 0.800. The van der Waals surface area contributed by atoms with Crippen molar-refractivity contribution in [1.82, 2.24) is 15.1 Å². The van der Waals surface area contributed by atoms with Gasteiger partial charge in [0.25, 0.3) is 0 Å². The van der Waals surface area contributed by atoms with E-state index in [-0.39, 0.29) is 0 Å². The summed E-state index contributed by atoms with van der Waals surface area (Å²) in [5, 5.41) is 8.09. The van der Waals surface area contributed by atoms with Gasteiger partial charge in [0.2, 0.25) is 0 Å². The molecule has 0 aromatic carbocycles. The Kier molecular flexibility index (Phi) is 4.81. The number of aromatic nitrogens is 2. The normalized spacial score (nSPS) is 17.1. The van der Waals surface area contributed by atoms with E-state index < -0.39 is 0 Å². The van der Waals surface area contributed by atoms with Gasteiger partial charge in [-0.2, -0.15) is 5.10 Å². The summed E-state index contributed by atoms with van der Waals surface area (Å²) >= 11 is 0. The number of rotatable bonds is 8. The monoisotopic (exact) mass is 249 g/mol. The van der Waals surface area contributed by atoms with Crippen LogP contribution in [0.5, 0.6) is 0 Å². The Bertz CT molecular complexity index is 366. The Balaban J connectivity index is 1.83. The zero-order chi connectivity index (χ0) is 13.0. The van der Waals surface area contributed by atoms with Gasteiger partial charge in [0.05, 0.1) is 5.69 Å². The average Bonchev–Trinajstić information content (AvgIpc) is 3.15. The van der Waals surface area contributed by atoms with E-state index in [4.69, 9.17) is 0 Å². The van der Waals surface area contributed by atoms with E-state index in [0.29, 0.717) is 0 Å². The van der Waals surface area contributed by atoms with Crippen LogP contribution in [0.1, 0.15) is 50.9 Å². The van der Waals surface area contributed by atoms with E-state index in [1.165, 1.54) is 43.5 Å². The molecule has 1 aromatic rings.